The number of aromatic nitrogens is 1. The number of hydrogen-bond donors (Lipinski definition) is 0. The molecular weight excluding hydrogens is 352 g/mol. The minimum absolute atomic E-state index is 0.140. The van der Waals surface area contributed by atoms with Crippen LogP contribution in [0.1, 0.15) is 44.2 Å². The van der Waals surface area contributed by atoms with Crippen LogP contribution in [0.15, 0.2) is 18.3 Å². The second-order valence-corrected chi connectivity index (χ2v) is 9.12. The molecule has 152 valence electrons. The largest absolute Gasteiger partial charge is 0.348 e. The maximum Gasteiger partial charge on any atom is 0.227 e. The molecule has 3 fully saturated rings. The van der Waals surface area contributed by atoms with Crippen LogP contribution in [0.3, 0.4) is 0 Å². The van der Waals surface area contributed by atoms with Gasteiger partial charge in [0.15, 0.2) is 0 Å². The molecule has 0 N–H and O–H groups in total. The van der Waals surface area contributed by atoms with Gasteiger partial charge in [0, 0.05) is 56.6 Å². The lowest BCUT2D eigenvalue weighted by molar-refractivity contribution is -0.139. The van der Waals surface area contributed by atoms with E-state index in [-0.39, 0.29) is 5.92 Å². The van der Waals surface area contributed by atoms with Gasteiger partial charge in [0.1, 0.15) is 0 Å². The topological polar surface area (TPSA) is 48.8 Å². The van der Waals surface area contributed by atoms with Crippen LogP contribution < -0.4 is 0 Å². The molecule has 0 spiro atoms. The predicted octanol–water partition coefficient (Wildman–Crippen LogP) is 1.94. The fourth-order valence-electron chi connectivity index (χ4n) is 5.34. The van der Waals surface area contributed by atoms with E-state index in [4.69, 9.17) is 0 Å². The third-order valence-electron chi connectivity index (χ3n) is 7.22. The third kappa shape index (κ3) is 3.59. The molecule has 6 nitrogen and oxygen atoms in total. The van der Waals surface area contributed by atoms with Crippen molar-refractivity contribution in [3.63, 3.8) is 0 Å². The summed E-state index contributed by atoms with van der Waals surface area (Å²) in [6.07, 6.45) is 8.56. The van der Waals surface area contributed by atoms with Crippen molar-refractivity contribution in [2.45, 2.75) is 57.7 Å². The summed E-state index contributed by atoms with van der Waals surface area (Å²) in [6.45, 7) is 6.31. The summed E-state index contributed by atoms with van der Waals surface area (Å²) in [4.78, 5) is 32.2. The number of likely N-dealkylation sites (tertiary alicyclic amines) is 2. The van der Waals surface area contributed by atoms with Crippen molar-refractivity contribution in [3.8, 4) is 0 Å². The Labute approximate surface area is 167 Å². The van der Waals surface area contributed by atoms with Crippen molar-refractivity contribution in [3.05, 3.63) is 24.0 Å². The molecule has 1 saturated carbocycles. The number of hydrogen-bond acceptors (Lipinski definition) is 3. The molecule has 1 aromatic heterocycles. The van der Waals surface area contributed by atoms with E-state index in [2.05, 4.69) is 37.6 Å². The number of amides is 2. The normalized spacial score (nSPS) is 26.9. The van der Waals surface area contributed by atoms with Gasteiger partial charge in [0.05, 0.1) is 12.5 Å². The quantitative estimate of drug-likeness (QED) is 0.800. The van der Waals surface area contributed by atoms with Crippen LogP contribution >= 0.6 is 0 Å². The van der Waals surface area contributed by atoms with Gasteiger partial charge in [-0.25, -0.2) is 0 Å². The fraction of sp³-hybridized carbons (Fsp3) is 0.727. The van der Waals surface area contributed by atoms with Gasteiger partial charge < -0.3 is 14.4 Å². The van der Waals surface area contributed by atoms with Crippen molar-refractivity contribution in [2.75, 3.05) is 32.7 Å². The zero-order chi connectivity index (χ0) is 19.1. The number of nitrogens with zero attached hydrogens (tertiary/aromatic N) is 4. The van der Waals surface area contributed by atoms with Crippen LogP contribution in [-0.2, 0) is 22.7 Å². The second-order valence-electron chi connectivity index (χ2n) is 9.12. The van der Waals surface area contributed by atoms with Crippen molar-refractivity contribution in [1.82, 2.24) is 19.3 Å². The van der Waals surface area contributed by atoms with Gasteiger partial charge in [0.25, 0.3) is 0 Å². The first-order valence-corrected chi connectivity index (χ1v) is 11.1. The molecule has 0 bridgehead atoms. The monoisotopic (exact) mass is 384 g/mol. The Morgan fingerprint density at radius 1 is 0.821 bits per heavy atom. The SMILES string of the molecule is O=C(C1CC1)N1CCC(N2CCC[C@@H](C(=O)N3CCn4cccc4C3)C2)CC1. The zero-order valence-corrected chi connectivity index (χ0v) is 16.8. The highest BCUT2D eigenvalue weighted by Crippen LogP contribution is 2.33. The summed E-state index contributed by atoms with van der Waals surface area (Å²) in [5.41, 5.74) is 1.25. The van der Waals surface area contributed by atoms with Crippen molar-refractivity contribution in [2.24, 2.45) is 11.8 Å². The number of piperidine rings is 2. The Kier molecular flexibility index (Phi) is 4.91. The lowest BCUT2D eigenvalue weighted by Gasteiger charge is -2.43. The minimum Gasteiger partial charge on any atom is -0.348 e. The molecule has 28 heavy (non-hydrogen) atoms. The third-order valence-corrected chi connectivity index (χ3v) is 7.22. The van der Waals surface area contributed by atoms with E-state index in [1.54, 1.807) is 0 Å². The Bertz CT molecular complexity index is 733. The lowest BCUT2D eigenvalue weighted by atomic mass is 9.92. The fourth-order valence-corrected chi connectivity index (χ4v) is 5.34. The molecule has 1 atom stereocenters. The number of carbonyl (C=O) groups is 2. The highest BCUT2D eigenvalue weighted by molar-refractivity contribution is 5.81. The molecule has 0 radical (unpaired) electrons. The highest BCUT2D eigenvalue weighted by atomic mass is 16.2. The van der Waals surface area contributed by atoms with Crippen molar-refractivity contribution < 1.29 is 9.59 Å². The van der Waals surface area contributed by atoms with Gasteiger partial charge >= 0.3 is 0 Å². The summed E-state index contributed by atoms with van der Waals surface area (Å²) >= 11 is 0. The first-order valence-electron chi connectivity index (χ1n) is 11.1. The smallest absolute Gasteiger partial charge is 0.227 e. The lowest BCUT2D eigenvalue weighted by Crippen LogP contribution is -2.52. The molecule has 5 rings (SSSR count). The number of rotatable bonds is 3. The number of carbonyl (C=O) groups excluding carboxylic acids is 2. The molecule has 1 aliphatic carbocycles. The van der Waals surface area contributed by atoms with Crippen LogP contribution in [0.2, 0.25) is 0 Å². The van der Waals surface area contributed by atoms with Crippen LogP contribution in [0.25, 0.3) is 0 Å². The average Bonchev–Trinajstić information content (AvgIpc) is 3.50. The molecule has 6 heteroatoms. The summed E-state index contributed by atoms with van der Waals surface area (Å²) in [6, 6.07) is 4.74. The standard InChI is InChI=1S/C22H32N4O2/c27-21(17-5-6-17)24-11-7-19(8-12-24)25-10-1-3-18(15-25)22(28)26-14-13-23-9-2-4-20(23)16-26/h2,4,9,17-19H,1,3,5-8,10-16H2/t18-/m1/s1. The first-order chi connectivity index (χ1) is 13.7. The first kappa shape index (κ1) is 18.2. The van der Waals surface area contributed by atoms with E-state index in [1.807, 2.05) is 0 Å². The second kappa shape index (κ2) is 7.54. The molecule has 0 unspecified atom stereocenters. The van der Waals surface area contributed by atoms with E-state index in [0.717, 1.165) is 84.3 Å². The van der Waals surface area contributed by atoms with Crippen LogP contribution in [0.5, 0.6) is 0 Å². The Morgan fingerprint density at radius 2 is 1.61 bits per heavy atom. The van der Waals surface area contributed by atoms with Gasteiger partial charge in [-0.05, 0) is 57.2 Å². The maximum atomic E-state index is 13.2. The van der Waals surface area contributed by atoms with E-state index in [0.29, 0.717) is 23.8 Å². The van der Waals surface area contributed by atoms with Crippen molar-refractivity contribution >= 4 is 11.8 Å². The molecule has 4 aliphatic rings. The highest BCUT2D eigenvalue weighted by Gasteiger charge is 2.37. The van der Waals surface area contributed by atoms with E-state index in [1.165, 1.54) is 5.69 Å². The number of fused-ring (bicyclic) bond motifs is 1. The molecule has 1 aromatic rings. The molecule has 3 aliphatic heterocycles. The van der Waals surface area contributed by atoms with Crippen LogP contribution in [0.4, 0.5) is 0 Å². The summed E-state index contributed by atoms with van der Waals surface area (Å²) in [5.74, 6) is 1.21. The van der Waals surface area contributed by atoms with Crippen LogP contribution in [-0.4, -0.2) is 69.8 Å². The maximum absolute atomic E-state index is 13.2. The van der Waals surface area contributed by atoms with Gasteiger partial charge in [0.2, 0.25) is 11.8 Å². The molecule has 0 aromatic carbocycles. The molecular formula is C22H32N4O2. The summed E-state index contributed by atoms with van der Waals surface area (Å²) in [7, 11) is 0. The Hall–Kier alpha value is -1.82. The summed E-state index contributed by atoms with van der Waals surface area (Å²) < 4.78 is 2.26. The van der Waals surface area contributed by atoms with Gasteiger partial charge in [-0.1, -0.05) is 0 Å². The predicted molar refractivity (Wildman–Crippen MR) is 106 cm³/mol. The Morgan fingerprint density at radius 3 is 2.39 bits per heavy atom. The van der Waals surface area contributed by atoms with Gasteiger partial charge in [-0.3, -0.25) is 14.5 Å². The van der Waals surface area contributed by atoms with Crippen LogP contribution in [0, 0.1) is 11.8 Å². The van der Waals surface area contributed by atoms with E-state index >= 15 is 0 Å². The van der Waals surface area contributed by atoms with Gasteiger partial charge in [-0.2, -0.15) is 0 Å². The minimum atomic E-state index is 0.140. The van der Waals surface area contributed by atoms with E-state index in [9.17, 15) is 9.59 Å². The average molecular weight is 385 g/mol. The Balaban J connectivity index is 1.15. The molecule has 2 saturated heterocycles. The summed E-state index contributed by atoms with van der Waals surface area (Å²) in [5, 5.41) is 0. The molecule has 2 amide bonds. The molecule has 4 heterocycles. The van der Waals surface area contributed by atoms with E-state index < -0.39 is 0 Å². The van der Waals surface area contributed by atoms with Crippen molar-refractivity contribution in [1.29, 1.82) is 0 Å². The van der Waals surface area contributed by atoms with Gasteiger partial charge in [-0.15, -0.1) is 0 Å². The zero-order valence-electron chi connectivity index (χ0n) is 16.8.